The first-order valence-corrected chi connectivity index (χ1v) is 11.7. The Kier molecular flexibility index (Phi) is 5.32. The third-order valence-corrected chi connectivity index (χ3v) is 7.51. The van der Waals surface area contributed by atoms with Crippen molar-refractivity contribution in [3.63, 3.8) is 0 Å². The molecule has 1 aliphatic rings. The van der Waals surface area contributed by atoms with Crippen molar-refractivity contribution in [3.05, 3.63) is 75.2 Å². The molecule has 0 fully saturated rings. The molecule has 0 atom stereocenters. The second-order valence-electron chi connectivity index (χ2n) is 7.58. The minimum atomic E-state index is -1.06. The lowest BCUT2D eigenvalue weighted by Crippen LogP contribution is -2.35. The normalized spacial score (nSPS) is 12.3. The number of hydrogen-bond donors (Lipinski definition) is 1. The van der Waals surface area contributed by atoms with Crippen LogP contribution in [-0.2, 0) is 17.8 Å². The maximum atomic E-state index is 13.4. The van der Waals surface area contributed by atoms with Crippen LogP contribution in [0.5, 0.6) is 0 Å². The number of para-hydroxylation sites is 1. The van der Waals surface area contributed by atoms with Gasteiger partial charge in [-0.2, -0.15) is 0 Å². The number of aryl methyl sites for hydroxylation is 1. The smallest absolute Gasteiger partial charge is 0.323 e. The van der Waals surface area contributed by atoms with E-state index in [1.165, 1.54) is 38.7 Å². The molecule has 0 unspecified atom stereocenters. The average Bonchev–Trinajstić information content (AvgIpc) is 3.49. The number of carboxylic acids is 1. The fraction of sp³-hybridized carbons (Fsp3) is 0.167. The van der Waals surface area contributed by atoms with Crippen LogP contribution >= 0.6 is 22.7 Å². The maximum Gasteiger partial charge on any atom is 0.323 e. The number of hydrogen-bond acceptors (Lipinski definition) is 6. The number of carboxylic acid groups (broad SMARTS) is 1. The van der Waals surface area contributed by atoms with Crippen LogP contribution in [0.25, 0.3) is 26.9 Å². The lowest BCUT2D eigenvalue weighted by atomic mass is 10.1. The fourth-order valence-electron chi connectivity index (χ4n) is 3.76. The number of nitrogens with zero attached hydrogens (tertiary/aromatic N) is 3. The molecule has 5 rings (SSSR count). The molecule has 1 aliphatic carbocycles. The molecule has 160 valence electrons. The summed E-state index contributed by atoms with van der Waals surface area (Å²) in [6, 6.07) is 13.9. The lowest BCUT2D eigenvalue weighted by Gasteiger charge is -2.18. The summed E-state index contributed by atoms with van der Waals surface area (Å²) in [6.07, 6.45) is 5.16. The molecule has 8 heteroatoms. The minimum absolute atomic E-state index is 0.140. The molecular weight excluding hydrogens is 442 g/mol. The Labute approximate surface area is 192 Å². The number of benzene rings is 2. The summed E-state index contributed by atoms with van der Waals surface area (Å²) in [4.78, 5) is 35.8. The van der Waals surface area contributed by atoms with E-state index in [9.17, 15) is 14.7 Å². The average molecular weight is 462 g/mol. The Morgan fingerprint density at radius 3 is 2.78 bits per heavy atom. The van der Waals surface area contributed by atoms with Crippen LogP contribution in [0.4, 0.5) is 0 Å². The molecule has 1 amide bonds. The highest BCUT2D eigenvalue weighted by atomic mass is 32.1. The van der Waals surface area contributed by atoms with Gasteiger partial charge in [-0.1, -0.05) is 36.4 Å². The monoisotopic (exact) mass is 461 g/mol. The first kappa shape index (κ1) is 20.5. The van der Waals surface area contributed by atoms with Crippen molar-refractivity contribution < 1.29 is 14.7 Å². The van der Waals surface area contributed by atoms with Crippen LogP contribution in [-0.4, -0.2) is 38.4 Å². The van der Waals surface area contributed by atoms with Crippen LogP contribution in [0.2, 0.25) is 0 Å². The number of rotatable bonds is 6. The van der Waals surface area contributed by atoms with Gasteiger partial charge in [0.25, 0.3) is 5.91 Å². The molecule has 0 aliphatic heterocycles. The van der Waals surface area contributed by atoms with Crippen LogP contribution in [0, 0.1) is 6.92 Å². The third-order valence-electron chi connectivity index (χ3n) is 5.30. The van der Waals surface area contributed by atoms with Crippen molar-refractivity contribution in [2.45, 2.75) is 19.9 Å². The number of carbonyl (C=O) groups is 2. The zero-order chi connectivity index (χ0) is 22.2. The summed E-state index contributed by atoms with van der Waals surface area (Å²) < 4.78 is 1.01. The van der Waals surface area contributed by atoms with Crippen molar-refractivity contribution in [3.8, 4) is 10.6 Å². The summed E-state index contributed by atoms with van der Waals surface area (Å²) in [5.74, 6) is -1.40. The summed E-state index contributed by atoms with van der Waals surface area (Å²) >= 11 is 2.77. The molecule has 2 aromatic carbocycles. The van der Waals surface area contributed by atoms with E-state index in [-0.39, 0.29) is 12.5 Å². The van der Waals surface area contributed by atoms with E-state index < -0.39 is 12.5 Å². The summed E-state index contributed by atoms with van der Waals surface area (Å²) in [7, 11) is 0. The van der Waals surface area contributed by atoms with E-state index in [0.717, 1.165) is 27.2 Å². The number of thiazole rings is 2. The van der Waals surface area contributed by atoms with Gasteiger partial charge in [-0.3, -0.25) is 9.59 Å². The Morgan fingerprint density at radius 1 is 1.12 bits per heavy atom. The van der Waals surface area contributed by atoms with Crippen molar-refractivity contribution >= 4 is 50.8 Å². The van der Waals surface area contributed by atoms with Crippen molar-refractivity contribution in [1.29, 1.82) is 0 Å². The highest BCUT2D eigenvalue weighted by molar-refractivity contribution is 7.18. The van der Waals surface area contributed by atoms with Crippen molar-refractivity contribution in [2.24, 2.45) is 0 Å². The maximum absolute atomic E-state index is 13.4. The molecule has 0 saturated carbocycles. The van der Waals surface area contributed by atoms with E-state index in [0.29, 0.717) is 15.6 Å². The van der Waals surface area contributed by atoms with Crippen molar-refractivity contribution in [1.82, 2.24) is 14.9 Å². The number of aliphatic carboxylic acids is 1. The van der Waals surface area contributed by atoms with E-state index in [1.807, 2.05) is 30.3 Å². The number of aromatic nitrogens is 2. The van der Waals surface area contributed by atoms with E-state index in [2.05, 4.69) is 34.3 Å². The summed E-state index contributed by atoms with van der Waals surface area (Å²) in [6.45, 7) is 1.53. The molecule has 2 heterocycles. The molecule has 0 bridgehead atoms. The largest absolute Gasteiger partial charge is 0.480 e. The predicted molar refractivity (Wildman–Crippen MR) is 127 cm³/mol. The van der Waals surface area contributed by atoms with E-state index in [1.54, 1.807) is 6.92 Å². The van der Waals surface area contributed by atoms with Crippen molar-refractivity contribution in [2.75, 3.05) is 6.54 Å². The van der Waals surface area contributed by atoms with Crippen LogP contribution in [0.15, 0.2) is 48.5 Å². The van der Waals surface area contributed by atoms with E-state index in [4.69, 9.17) is 0 Å². The number of allylic oxidation sites excluding steroid dienone is 1. The summed E-state index contributed by atoms with van der Waals surface area (Å²) in [5.41, 5.74) is 4.86. The first-order valence-electron chi connectivity index (χ1n) is 10.1. The number of fused-ring (bicyclic) bond motifs is 2. The zero-order valence-electron chi connectivity index (χ0n) is 17.2. The second-order valence-corrected chi connectivity index (χ2v) is 9.70. The van der Waals surface area contributed by atoms with Gasteiger partial charge in [-0.15, -0.1) is 22.7 Å². The van der Waals surface area contributed by atoms with E-state index >= 15 is 0 Å². The SMILES string of the molecule is Cc1nc(-c2ccc3c(c2)C=CC3)sc1C(=O)N(CC(=O)O)Cc1nc2ccccc2s1. The number of amides is 1. The van der Waals surface area contributed by atoms with Gasteiger partial charge in [0.05, 0.1) is 22.5 Å². The van der Waals surface area contributed by atoms with Gasteiger partial charge < -0.3 is 10.0 Å². The van der Waals surface area contributed by atoms with Gasteiger partial charge >= 0.3 is 5.97 Å². The zero-order valence-corrected chi connectivity index (χ0v) is 18.9. The molecule has 4 aromatic rings. The van der Waals surface area contributed by atoms with Gasteiger partial charge in [0, 0.05) is 5.56 Å². The Morgan fingerprint density at radius 2 is 1.97 bits per heavy atom. The Hall–Kier alpha value is -3.36. The lowest BCUT2D eigenvalue weighted by molar-refractivity contribution is -0.137. The molecule has 0 radical (unpaired) electrons. The van der Waals surface area contributed by atoms with Gasteiger partial charge in [-0.25, -0.2) is 9.97 Å². The standard InChI is InChI=1S/C24H19N3O3S2/c1-14-22(32-23(25-14)17-10-9-15-5-4-6-16(15)11-17)24(30)27(13-21(28)29)12-20-26-18-7-2-3-8-19(18)31-20/h2-4,6-11H,5,12-13H2,1H3,(H,28,29). The fourth-order valence-corrected chi connectivity index (χ4v) is 5.77. The van der Waals surface area contributed by atoms with Gasteiger partial charge in [0.1, 0.15) is 21.4 Å². The first-order chi connectivity index (χ1) is 15.5. The topological polar surface area (TPSA) is 83.4 Å². The van der Waals surface area contributed by atoms with Gasteiger partial charge in [0.15, 0.2) is 0 Å². The number of carbonyl (C=O) groups excluding carboxylic acids is 1. The second kappa shape index (κ2) is 8.29. The molecule has 6 nitrogen and oxygen atoms in total. The molecule has 2 aromatic heterocycles. The third kappa shape index (κ3) is 3.94. The molecular formula is C24H19N3O3S2. The van der Waals surface area contributed by atoms with Gasteiger partial charge in [0.2, 0.25) is 0 Å². The van der Waals surface area contributed by atoms with Crippen LogP contribution < -0.4 is 0 Å². The molecule has 0 saturated heterocycles. The molecule has 0 spiro atoms. The predicted octanol–water partition coefficient (Wildman–Crippen LogP) is 5.02. The van der Waals surface area contributed by atoms with Crippen LogP contribution in [0.1, 0.15) is 31.5 Å². The molecule has 1 N–H and O–H groups in total. The highest BCUT2D eigenvalue weighted by Crippen LogP contribution is 2.32. The summed E-state index contributed by atoms with van der Waals surface area (Å²) in [5, 5.41) is 10.9. The Bertz CT molecular complexity index is 1350. The molecule has 32 heavy (non-hydrogen) atoms. The highest BCUT2D eigenvalue weighted by Gasteiger charge is 2.25. The quantitative estimate of drug-likeness (QED) is 0.436. The van der Waals surface area contributed by atoms with Crippen LogP contribution in [0.3, 0.4) is 0 Å². The van der Waals surface area contributed by atoms with Gasteiger partial charge in [-0.05, 0) is 42.7 Å². The Balaban J connectivity index is 1.44. The minimum Gasteiger partial charge on any atom is -0.480 e.